The normalized spacial score (nSPS) is 9.61. The van der Waals surface area contributed by atoms with Crippen LogP contribution in [0.1, 0.15) is 101 Å². The number of carboxylic acid groups (broad SMARTS) is 1. The predicted molar refractivity (Wildman–Crippen MR) is 275 cm³/mol. The molecule has 6 rings (SSSR count). The predicted octanol–water partition coefficient (Wildman–Crippen LogP) is 3.47. The first kappa shape index (κ1) is 77.5. The smallest absolute Gasteiger partial charge is 0.303 e. The molecule has 1 amide bonds. The Hall–Kier alpha value is -6.74. The Morgan fingerprint density at radius 3 is 1.58 bits per heavy atom. The highest BCUT2D eigenvalue weighted by Crippen LogP contribution is 2.04. The minimum absolute atomic E-state index is 0. The maximum atomic E-state index is 11.7. The van der Waals surface area contributed by atoms with Crippen LogP contribution in [0.4, 0.5) is 11.4 Å². The van der Waals surface area contributed by atoms with E-state index in [9.17, 15) is 28.8 Å². The quantitative estimate of drug-likeness (QED) is 0.0910. The lowest BCUT2D eigenvalue weighted by Crippen LogP contribution is -2.24. The number of hydrogen-bond donors (Lipinski definition) is 10. The van der Waals surface area contributed by atoms with Crippen molar-refractivity contribution in [3.63, 3.8) is 0 Å². The van der Waals surface area contributed by atoms with Gasteiger partial charge in [0.1, 0.15) is 22.8 Å². The Morgan fingerprint density at radius 2 is 1.27 bits per heavy atom. The van der Waals surface area contributed by atoms with Gasteiger partial charge in [-0.1, -0.05) is 44.6 Å². The van der Waals surface area contributed by atoms with E-state index in [4.69, 9.17) is 16.6 Å². The minimum Gasteiger partial charge on any atom is -0.481 e. The third kappa shape index (κ3) is 40.5. The lowest BCUT2D eigenvalue weighted by atomic mass is 10.2. The fourth-order valence-corrected chi connectivity index (χ4v) is 3.90. The summed E-state index contributed by atoms with van der Waals surface area (Å²) in [5.74, 6) is 8.23. The topological polar surface area (TPSA) is 386 Å². The number of H-pyrrole nitrogens is 2. The summed E-state index contributed by atoms with van der Waals surface area (Å²) in [6.45, 7) is 8.63. The average Bonchev–Trinajstić information content (AvgIpc) is 3.81. The molecule has 0 aliphatic carbocycles. The summed E-state index contributed by atoms with van der Waals surface area (Å²) in [5, 5.41) is 35.5. The van der Waals surface area contributed by atoms with Crippen LogP contribution in [0.3, 0.4) is 0 Å². The number of carbonyl (C=O) groups is 3. The maximum absolute atomic E-state index is 11.7. The maximum Gasteiger partial charge on any atom is 0.303 e. The number of nitrogens with two attached hydrogens (primary N) is 4. The molecule has 0 bridgehead atoms. The van der Waals surface area contributed by atoms with Crippen LogP contribution in [-0.4, -0.2) is 92.3 Å². The molecule has 0 atom stereocenters. The number of aliphatic carboxylic acids is 1. The van der Waals surface area contributed by atoms with Crippen LogP contribution in [0.5, 0.6) is 0 Å². The van der Waals surface area contributed by atoms with Crippen molar-refractivity contribution in [3.8, 4) is 5.69 Å². The number of aromatic nitrogens is 10. The molecule has 0 spiro atoms. The first-order valence-electron chi connectivity index (χ1n) is 17.7. The molecule has 25 nitrogen and oxygen atoms in total. The Kier molecular flexibility index (Phi) is 51.4. The molecule has 0 aromatic carbocycles. The highest BCUT2D eigenvalue weighted by Gasteiger charge is 2.07. The largest absolute Gasteiger partial charge is 0.481 e. The summed E-state index contributed by atoms with van der Waals surface area (Å²) in [6.07, 6.45) is 8.41. The first-order valence-corrected chi connectivity index (χ1v) is 18.5. The number of nitrogens with one attached hydrogen (secondary N) is 5. The number of Topliss-reactive ketones (excluding diaryl/α,β-unsaturated/α-hetero) is 1. The van der Waals surface area contributed by atoms with Gasteiger partial charge in [-0.05, 0) is 89.3 Å². The van der Waals surface area contributed by atoms with Crippen molar-refractivity contribution in [2.45, 2.75) is 105 Å². The van der Waals surface area contributed by atoms with Gasteiger partial charge in [0.2, 0.25) is 5.91 Å². The molecule has 0 radical (unpaired) electrons. The van der Waals surface area contributed by atoms with Crippen molar-refractivity contribution >= 4 is 50.7 Å². The molecule has 5 aromatic rings. The van der Waals surface area contributed by atoms with Crippen molar-refractivity contribution in [1.29, 1.82) is 0 Å². The van der Waals surface area contributed by atoms with E-state index in [1.54, 1.807) is 75.1 Å². The molecule has 67 heavy (non-hydrogen) atoms. The van der Waals surface area contributed by atoms with Crippen LogP contribution in [0.15, 0.2) is 73.0 Å². The second-order valence-electron chi connectivity index (χ2n) is 12.1. The van der Waals surface area contributed by atoms with Gasteiger partial charge < -0.3 is 21.4 Å². The molecule has 14 N–H and O–H groups in total. The number of carbonyl (C=O) groups excluding carboxylic acids is 2. The second kappa shape index (κ2) is 44.5. The fourth-order valence-electron chi connectivity index (χ4n) is 3.51. The number of halogens is 1. The lowest BCUT2D eigenvalue weighted by molar-refractivity contribution is -0.138. The Bertz CT molecular complexity index is 2220. The number of aryl methyl sites for hydroxylation is 5. The van der Waals surface area contributed by atoms with E-state index in [0.717, 1.165) is 22.3 Å². The number of nitrogen functional groups attached to an aromatic ring is 2. The summed E-state index contributed by atoms with van der Waals surface area (Å²) < 4.78 is 5.61. The number of carboxylic acids is 1. The van der Waals surface area contributed by atoms with Crippen LogP contribution in [0.25, 0.3) is 5.69 Å². The van der Waals surface area contributed by atoms with Crippen LogP contribution in [0, 0.1) is 20.8 Å². The summed E-state index contributed by atoms with van der Waals surface area (Å²) in [5.41, 5.74) is 21.1. The second-order valence-corrected chi connectivity index (χ2v) is 13.0. The molecule has 0 unspecified atom stereocenters. The molecule has 384 valence electrons. The molecule has 26 heteroatoms. The number of ketones is 1. The summed E-state index contributed by atoms with van der Waals surface area (Å²) in [7, 11) is 6.96. The molecule has 1 aliphatic rings. The van der Waals surface area contributed by atoms with Gasteiger partial charge in [0.05, 0.1) is 46.6 Å². The third-order valence-corrected chi connectivity index (χ3v) is 6.64. The van der Waals surface area contributed by atoms with Crippen LogP contribution in [-0.2, 0) is 28.5 Å². The monoisotopic (exact) mass is 1020 g/mol. The van der Waals surface area contributed by atoms with E-state index < -0.39 is 5.97 Å². The van der Waals surface area contributed by atoms with Crippen LogP contribution in [0.2, 0.25) is 0 Å². The molecule has 0 saturated heterocycles. The standard InChI is InChI=1S/C9H11N5O.C5H7N3O.C5H8N2O.C5H6N2O.C5H8O3.C4H5BrN2.2CH6N2.6CH4/c1-6-3-8(10)9(15)14(12-6)7-4-11-13(2)5-7;1-3-2-4(6)5(9)8-7-3;2*1-4-2-3-5(8)7-6-4;1-4(6)2-3-5(7)8;1-7-3-4(5)2-6-7;2*1-3-2;;;;;;/h3-5H,10H2,1-2H3;2H,1H3,(H2,6,7)(H,8,9);2-3H2,1H3,(H,7,8);2-3H,1H3,(H,7,8);2-3H2,1H3,(H,7,8);2-3H,1H3;2*3H,2H2,1H3;6*1H4. The number of hydrazine groups is 2. The van der Waals surface area contributed by atoms with E-state index in [1.165, 1.54) is 23.7 Å². The highest BCUT2D eigenvalue weighted by molar-refractivity contribution is 9.10. The number of rotatable bonds is 4. The van der Waals surface area contributed by atoms with Crippen LogP contribution >= 0.6 is 15.9 Å². The van der Waals surface area contributed by atoms with Gasteiger partial charge in [-0.15, -0.1) is 0 Å². The van der Waals surface area contributed by atoms with Gasteiger partial charge in [0.25, 0.3) is 16.7 Å². The van der Waals surface area contributed by atoms with Crippen molar-refractivity contribution in [3.05, 3.63) is 102 Å². The van der Waals surface area contributed by atoms with Gasteiger partial charge >= 0.3 is 5.97 Å². The van der Waals surface area contributed by atoms with E-state index in [1.807, 2.05) is 27.1 Å². The van der Waals surface area contributed by atoms with E-state index in [0.29, 0.717) is 23.5 Å². The van der Waals surface area contributed by atoms with Gasteiger partial charge in [-0.25, -0.2) is 15.6 Å². The number of hydrazone groups is 1. The molecule has 5 aromatic heterocycles. The molecule has 0 fully saturated rings. The van der Waals surface area contributed by atoms with Crippen molar-refractivity contribution in [2.24, 2.45) is 30.9 Å². The zero-order valence-corrected chi connectivity index (χ0v) is 37.1. The van der Waals surface area contributed by atoms with E-state index in [2.05, 4.69) is 84.7 Å². The number of amides is 1. The van der Waals surface area contributed by atoms with Gasteiger partial charge in [-0.3, -0.25) is 55.9 Å². The molecular formula is C41H81BrN18O7. The van der Waals surface area contributed by atoms with Crippen molar-refractivity contribution < 1.29 is 19.5 Å². The molecule has 1 aliphatic heterocycles. The lowest BCUT2D eigenvalue weighted by Gasteiger charge is -2.06. The van der Waals surface area contributed by atoms with E-state index >= 15 is 0 Å². The molecular weight excluding hydrogens is 936 g/mol. The Labute approximate surface area is 403 Å². The van der Waals surface area contributed by atoms with Crippen molar-refractivity contribution in [1.82, 2.24) is 66.0 Å². The van der Waals surface area contributed by atoms with Crippen molar-refractivity contribution in [2.75, 3.05) is 25.6 Å². The Morgan fingerprint density at radius 1 is 0.761 bits per heavy atom. The number of hydrogen-bond acceptors (Lipinski definition) is 18. The van der Waals surface area contributed by atoms with Gasteiger partial charge in [0, 0.05) is 44.9 Å². The van der Waals surface area contributed by atoms with Crippen LogP contribution < -0.4 is 56.1 Å². The van der Waals surface area contributed by atoms with E-state index in [-0.39, 0.29) is 97.1 Å². The highest BCUT2D eigenvalue weighted by atomic mass is 79.9. The van der Waals surface area contributed by atoms with Gasteiger partial charge in [-0.2, -0.15) is 35.3 Å². The molecule has 6 heterocycles. The minimum atomic E-state index is -0.916. The number of nitrogens with zero attached hydrogens (tertiary/aromatic N) is 9. The number of aromatic amines is 2. The average molecular weight is 1020 g/mol. The zero-order valence-electron chi connectivity index (χ0n) is 35.6. The SMILES string of the molecule is C.C.C.C.C.C.CC(=O)CCC(=O)O.CC1=NNC(=O)CC1.CNN.CNN.Cc1cc(N)c(=O)[nH]n1.Cc1cc(N)c(=O)n(-c2cnn(C)c2)n1.Cc1ccc(=O)[nH]n1.Cn1cc(Br)cn1. The first-order chi connectivity index (χ1) is 28.6. The molecule has 0 saturated carbocycles. The third-order valence-electron chi connectivity index (χ3n) is 6.23. The van der Waals surface area contributed by atoms with Gasteiger partial charge in [0.15, 0.2) is 0 Å². The zero-order chi connectivity index (χ0) is 47.1. The summed E-state index contributed by atoms with van der Waals surface area (Å²) in [6, 6.07) is 6.19. The number of anilines is 2. The fraction of sp³-hybridized carbons (Fsp3) is 0.463. The summed E-state index contributed by atoms with van der Waals surface area (Å²) >= 11 is 3.25. The summed E-state index contributed by atoms with van der Waals surface area (Å²) in [4.78, 5) is 62.7. The Balaban J connectivity index is -0.000000101.